The van der Waals surface area contributed by atoms with Crippen LogP contribution in [0.15, 0.2) is 24.3 Å². The summed E-state index contributed by atoms with van der Waals surface area (Å²) in [5.41, 5.74) is 1.70. The van der Waals surface area contributed by atoms with E-state index in [1.54, 1.807) is 0 Å². The molecule has 0 spiro atoms. The van der Waals surface area contributed by atoms with Gasteiger partial charge in [-0.3, -0.25) is 9.59 Å². The average molecular weight is 288 g/mol. The fraction of sp³-hybridized carbons (Fsp3) is 0.529. The van der Waals surface area contributed by atoms with E-state index in [9.17, 15) is 9.59 Å². The van der Waals surface area contributed by atoms with Crippen LogP contribution in [0, 0.1) is 12.3 Å². The Morgan fingerprint density at radius 1 is 1.33 bits per heavy atom. The molecule has 114 valence electrons. The molecule has 1 heterocycles. The molecule has 0 radical (unpaired) electrons. The van der Waals surface area contributed by atoms with Crippen molar-refractivity contribution in [3.05, 3.63) is 35.4 Å². The molecular formula is C17H24N2O2. The largest absolute Gasteiger partial charge is 0.347 e. The zero-order valence-electron chi connectivity index (χ0n) is 13.3. The number of hydrogen-bond acceptors (Lipinski definition) is 2. The number of carbonyl (C=O) groups is 2. The molecule has 21 heavy (non-hydrogen) atoms. The lowest BCUT2D eigenvalue weighted by molar-refractivity contribution is -0.128. The predicted molar refractivity (Wildman–Crippen MR) is 83.1 cm³/mol. The molecule has 0 saturated carbocycles. The molecule has 1 fully saturated rings. The van der Waals surface area contributed by atoms with Gasteiger partial charge in [0.1, 0.15) is 0 Å². The fourth-order valence-corrected chi connectivity index (χ4v) is 2.69. The van der Waals surface area contributed by atoms with Gasteiger partial charge in [-0.2, -0.15) is 0 Å². The maximum Gasteiger partial charge on any atom is 0.251 e. The number of benzene rings is 1. The summed E-state index contributed by atoms with van der Waals surface area (Å²) >= 11 is 0. The Kier molecular flexibility index (Phi) is 4.35. The first-order valence-electron chi connectivity index (χ1n) is 7.40. The van der Waals surface area contributed by atoms with Gasteiger partial charge >= 0.3 is 0 Å². The second-order valence-electron chi connectivity index (χ2n) is 7.02. The lowest BCUT2D eigenvalue weighted by Crippen LogP contribution is -2.39. The highest BCUT2D eigenvalue weighted by Gasteiger charge is 2.32. The van der Waals surface area contributed by atoms with Crippen LogP contribution in [0.1, 0.15) is 43.1 Å². The van der Waals surface area contributed by atoms with E-state index in [2.05, 4.69) is 26.1 Å². The Bertz CT molecular complexity index is 546. The molecule has 4 nitrogen and oxygen atoms in total. The quantitative estimate of drug-likeness (QED) is 0.928. The number of nitrogens with one attached hydrogen (secondary N) is 1. The van der Waals surface area contributed by atoms with Crippen LogP contribution in [-0.4, -0.2) is 35.8 Å². The maximum absolute atomic E-state index is 12.3. The summed E-state index contributed by atoms with van der Waals surface area (Å²) in [7, 11) is 0. The molecule has 1 aliphatic heterocycles. The highest BCUT2D eigenvalue weighted by molar-refractivity contribution is 5.96. The molecule has 1 N–H and O–H groups in total. The van der Waals surface area contributed by atoms with E-state index in [1.807, 2.05) is 36.1 Å². The van der Waals surface area contributed by atoms with E-state index in [-0.39, 0.29) is 23.3 Å². The number of nitrogens with zero attached hydrogens (tertiary/aromatic N) is 1. The Balaban J connectivity index is 1.98. The first kappa shape index (κ1) is 15.5. The van der Waals surface area contributed by atoms with Gasteiger partial charge in [0.25, 0.3) is 5.91 Å². The summed E-state index contributed by atoms with van der Waals surface area (Å²) in [6.07, 6.45) is 0.397. The van der Waals surface area contributed by atoms with Crippen LogP contribution in [0.5, 0.6) is 0 Å². The fourth-order valence-electron chi connectivity index (χ4n) is 2.69. The van der Waals surface area contributed by atoms with Crippen molar-refractivity contribution in [2.45, 2.75) is 40.2 Å². The third-order valence-electron chi connectivity index (χ3n) is 3.60. The standard InChI is InChI=1S/C17H24N2O2/c1-12-7-5-6-8-14(12)16(21)18-13-9-15(20)19(10-13)11-17(2,3)4/h5-8,13H,9-11H2,1-4H3,(H,18,21). The summed E-state index contributed by atoms with van der Waals surface area (Å²) < 4.78 is 0. The van der Waals surface area contributed by atoms with E-state index in [0.717, 1.165) is 12.1 Å². The predicted octanol–water partition coefficient (Wildman–Crippen LogP) is 2.37. The number of amides is 2. The Labute approximate surface area is 126 Å². The van der Waals surface area contributed by atoms with E-state index in [4.69, 9.17) is 0 Å². The molecular weight excluding hydrogens is 264 g/mol. The second-order valence-corrected chi connectivity index (χ2v) is 7.02. The number of likely N-dealkylation sites (tertiary alicyclic amines) is 1. The lowest BCUT2D eigenvalue weighted by Gasteiger charge is -2.26. The Morgan fingerprint density at radius 3 is 2.62 bits per heavy atom. The monoisotopic (exact) mass is 288 g/mol. The van der Waals surface area contributed by atoms with Gasteiger partial charge in [0.15, 0.2) is 0 Å². The molecule has 1 saturated heterocycles. The van der Waals surface area contributed by atoms with E-state index in [1.165, 1.54) is 0 Å². The summed E-state index contributed by atoms with van der Waals surface area (Å²) in [5, 5.41) is 2.98. The van der Waals surface area contributed by atoms with Crippen LogP contribution in [0.2, 0.25) is 0 Å². The van der Waals surface area contributed by atoms with Gasteiger partial charge in [0, 0.05) is 25.1 Å². The van der Waals surface area contributed by atoms with Crippen molar-refractivity contribution in [3.8, 4) is 0 Å². The zero-order valence-corrected chi connectivity index (χ0v) is 13.3. The molecule has 0 aromatic heterocycles. The van der Waals surface area contributed by atoms with Gasteiger partial charge in [0.2, 0.25) is 5.91 Å². The summed E-state index contributed by atoms with van der Waals surface area (Å²) in [5.74, 6) is 0.0310. The summed E-state index contributed by atoms with van der Waals surface area (Å²) in [4.78, 5) is 26.2. The zero-order chi connectivity index (χ0) is 15.6. The van der Waals surface area contributed by atoms with Gasteiger partial charge in [-0.15, -0.1) is 0 Å². The van der Waals surface area contributed by atoms with Crippen LogP contribution < -0.4 is 5.32 Å². The number of rotatable bonds is 3. The summed E-state index contributed by atoms with van der Waals surface area (Å²) in [6.45, 7) is 9.58. The van der Waals surface area contributed by atoms with Crippen LogP contribution in [0.4, 0.5) is 0 Å². The van der Waals surface area contributed by atoms with Crippen LogP contribution >= 0.6 is 0 Å². The molecule has 1 aliphatic rings. The minimum Gasteiger partial charge on any atom is -0.347 e. The van der Waals surface area contributed by atoms with Gasteiger partial charge in [-0.25, -0.2) is 0 Å². The average Bonchev–Trinajstić information content (AvgIpc) is 2.67. The first-order chi connectivity index (χ1) is 9.76. The lowest BCUT2D eigenvalue weighted by atomic mass is 9.96. The third kappa shape index (κ3) is 4.06. The number of hydrogen-bond donors (Lipinski definition) is 1. The first-order valence-corrected chi connectivity index (χ1v) is 7.40. The molecule has 4 heteroatoms. The van der Waals surface area contributed by atoms with Crippen molar-refractivity contribution in [2.24, 2.45) is 5.41 Å². The van der Waals surface area contributed by atoms with Gasteiger partial charge in [-0.1, -0.05) is 39.0 Å². The Morgan fingerprint density at radius 2 is 2.00 bits per heavy atom. The molecule has 0 aliphatic carbocycles. The van der Waals surface area contributed by atoms with Crippen molar-refractivity contribution in [1.82, 2.24) is 10.2 Å². The van der Waals surface area contributed by atoms with Gasteiger partial charge < -0.3 is 10.2 Å². The van der Waals surface area contributed by atoms with Crippen molar-refractivity contribution >= 4 is 11.8 Å². The van der Waals surface area contributed by atoms with Crippen molar-refractivity contribution < 1.29 is 9.59 Å². The van der Waals surface area contributed by atoms with Crippen molar-refractivity contribution in [1.29, 1.82) is 0 Å². The van der Waals surface area contributed by atoms with Crippen molar-refractivity contribution in [2.75, 3.05) is 13.1 Å². The third-order valence-corrected chi connectivity index (χ3v) is 3.60. The van der Waals surface area contributed by atoms with E-state index >= 15 is 0 Å². The van der Waals surface area contributed by atoms with E-state index < -0.39 is 0 Å². The maximum atomic E-state index is 12.3. The second kappa shape index (κ2) is 5.88. The Hall–Kier alpha value is -1.84. The highest BCUT2D eigenvalue weighted by Crippen LogP contribution is 2.20. The topological polar surface area (TPSA) is 49.4 Å². The minimum absolute atomic E-state index is 0.0740. The van der Waals surface area contributed by atoms with Crippen LogP contribution in [-0.2, 0) is 4.79 Å². The molecule has 1 unspecified atom stereocenters. The van der Waals surface area contributed by atoms with Gasteiger partial charge in [-0.05, 0) is 24.0 Å². The van der Waals surface area contributed by atoms with Crippen LogP contribution in [0.25, 0.3) is 0 Å². The molecule has 1 atom stereocenters. The normalized spacial score (nSPS) is 19.0. The van der Waals surface area contributed by atoms with Gasteiger partial charge in [0.05, 0.1) is 6.04 Å². The molecule has 0 bridgehead atoms. The smallest absolute Gasteiger partial charge is 0.251 e. The van der Waals surface area contributed by atoms with E-state index in [0.29, 0.717) is 18.5 Å². The minimum atomic E-state index is -0.0940. The highest BCUT2D eigenvalue weighted by atomic mass is 16.2. The molecule has 1 aromatic rings. The number of aryl methyl sites for hydroxylation is 1. The molecule has 2 amide bonds. The summed E-state index contributed by atoms with van der Waals surface area (Å²) in [6, 6.07) is 7.41. The van der Waals surface area contributed by atoms with Crippen molar-refractivity contribution in [3.63, 3.8) is 0 Å². The SMILES string of the molecule is Cc1ccccc1C(=O)NC1CC(=O)N(CC(C)(C)C)C1. The molecule has 2 rings (SSSR count). The molecule has 1 aromatic carbocycles. The number of carbonyl (C=O) groups excluding carboxylic acids is 2. The van der Waals surface area contributed by atoms with Crippen LogP contribution in [0.3, 0.4) is 0 Å².